The number of hydrogen-bond acceptors (Lipinski definition) is 5. The summed E-state index contributed by atoms with van der Waals surface area (Å²) in [6.07, 6.45) is 10.1. The number of hydrogen-bond donors (Lipinski definition) is 1. The van der Waals surface area contributed by atoms with Gasteiger partial charge in [-0.05, 0) is 42.9 Å². The normalized spacial score (nSPS) is 15.2. The van der Waals surface area contributed by atoms with E-state index in [1.807, 2.05) is 0 Å². The third kappa shape index (κ3) is 4.14. The van der Waals surface area contributed by atoms with Crippen LogP contribution in [0.15, 0.2) is 12.1 Å². The molecule has 1 aliphatic carbocycles. The van der Waals surface area contributed by atoms with Crippen LogP contribution < -0.4 is 15.2 Å². The van der Waals surface area contributed by atoms with Crippen molar-refractivity contribution in [2.24, 2.45) is 5.92 Å². The molecule has 142 valence electrons. The summed E-state index contributed by atoms with van der Waals surface area (Å²) in [5.74, 6) is 2.57. The molecule has 5 heteroatoms. The molecular formula is C21H30N2O2S. The van der Waals surface area contributed by atoms with Crippen LogP contribution in [-0.4, -0.2) is 19.2 Å². The number of ether oxygens (including phenoxy) is 2. The summed E-state index contributed by atoms with van der Waals surface area (Å²) in [4.78, 5) is 5.91. The zero-order valence-corrected chi connectivity index (χ0v) is 17.0. The van der Waals surface area contributed by atoms with Crippen molar-refractivity contribution in [3.05, 3.63) is 22.6 Å². The summed E-state index contributed by atoms with van der Waals surface area (Å²) in [6.45, 7) is 2.12. The van der Waals surface area contributed by atoms with E-state index in [0.29, 0.717) is 5.13 Å². The van der Waals surface area contributed by atoms with Crippen molar-refractivity contribution in [1.29, 1.82) is 0 Å². The van der Waals surface area contributed by atoms with Crippen molar-refractivity contribution >= 4 is 16.5 Å². The molecular weight excluding hydrogens is 344 g/mol. The van der Waals surface area contributed by atoms with Crippen LogP contribution in [0.3, 0.4) is 0 Å². The third-order valence-corrected chi connectivity index (χ3v) is 6.40. The molecule has 1 aliphatic rings. The second-order valence-electron chi connectivity index (χ2n) is 7.08. The van der Waals surface area contributed by atoms with Gasteiger partial charge >= 0.3 is 0 Å². The number of nitrogen functional groups attached to an aromatic ring is 1. The number of nitrogens with two attached hydrogens (primary N) is 1. The number of aryl methyl sites for hydroxylation is 2. The summed E-state index contributed by atoms with van der Waals surface area (Å²) in [5, 5.41) is 0.624. The maximum atomic E-state index is 6.08. The molecule has 3 rings (SSSR count). The Bertz CT molecular complexity index is 736. The van der Waals surface area contributed by atoms with Crippen LogP contribution in [0.4, 0.5) is 5.13 Å². The Morgan fingerprint density at radius 3 is 2.50 bits per heavy atom. The Labute approximate surface area is 160 Å². The summed E-state index contributed by atoms with van der Waals surface area (Å²) >= 11 is 1.61. The smallest absolute Gasteiger partial charge is 0.180 e. The van der Waals surface area contributed by atoms with E-state index in [4.69, 9.17) is 15.2 Å². The molecule has 1 heterocycles. The van der Waals surface area contributed by atoms with Crippen LogP contribution >= 0.6 is 11.3 Å². The minimum Gasteiger partial charge on any atom is -0.496 e. The highest BCUT2D eigenvalue weighted by atomic mass is 32.1. The lowest BCUT2D eigenvalue weighted by Gasteiger charge is -2.21. The zero-order valence-electron chi connectivity index (χ0n) is 16.1. The molecule has 0 spiro atoms. The third-order valence-electron chi connectivity index (χ3n) is 5.46. The van der Waals surface area contributed by atoms with Crippen LogP contribution in [0.2, 0.25) is 0 Å². The molecule has 0 radical (unpaired) electrons. The van der Waals surface area contributed by atoms with Gasteiger partial charge < -0.3 is 15.2 Å². The standard InChI is InChI=1S/C21H30N2O2S/c1-4-15-12-18(25-3)16(13-17(15)24-2)20-19(26-21(22)23-20)11-10-14-8-6-5-7-9-14/h12-14H,4-11H2,1-3H3,(H2,22,23). The summed E-state index contributed by atoms with van der Waals surface area (Å²) in [6, 6.07) is 4.12. The van der Waals surface area contributed by atoms with Crippen molar-refractivity contribution < 1.29 is 9.47 Å². The second kappa shape index (κ2) is 8.76. The fraction of sp³-hybridized carbons (Fsp3) is 0.571. The van der Waals surface area contributed by atoms with Crippen LogP contribution in [-0.2, 0) is 12.8 Å². The fourth-order valence-corrected chi connectivity index (χ4v) is 4.84. The van der Waals surface area contributed by atoms with Gasteiger partial charge in [0.05, 0.1) is 19.9 Å². The molecule has 4 nitrogen and oxygen atoms in total. The van der Waals surface area contributed by atoms with E-state index in [1.54, 1.807) is 25.6 Å². The van der Waals surface area contributed by atoms with Gasteiger partial charge in [-0.3, -0.25) is 0 Å². The molecule has 1 fully saturated rings. The molecule has 0 bridgehead atoms. The molecule has 0 atom stereocenters. The Balaban J connectivity index is 1.91. The Kier molecular flexibility index (Phi) is 6.41. The van der Waals surface area contributed by atoms with E-state index < -0.39 is 0 Å². The van der Waals surface area contributed by atoms with Crippen molar-refractivity contribution in [2.75, 3.05) is 20.0 Å². The topological polar surface area (TPSA) is 57.4 Å². The summed E-state index contributed by atoms with van der Waals surface area (Å²) in [7, 11) is 3.42. The van der Waals surface area contributed by atoms with E-state index in [0.717, 1.165) is 47.1 Å². The average molecular weight is 375 g/mol. The van der Waals surface area contributed by atoms with E-state index in [2.05, 4.69) is 24.0 Å². The number of methoxy groups -OCH3 is 2. The molecule has 0 amide bonds. The Morgan fingerprint density at radius 1 is 1.12 bits per heavy atom. The van der Waals surface area contributed by atoms with Crippen molar-refractivity contribution in [1.82, 2.24) is 4.98 Å². The van der Waals surface area contributed by atoms with Gasteiger partial charge in [0, 0.05) is 10.4 Å². The minimum absolute atomic E-state index is 0.624. The SMILES string of the molecule is CCc1cc(OC)c(-c2nc(N)sc2CCC2CCCCC2)cc1OC. The van der Waals surface area contributed by atoms with Gasteiger partial charge in [-0.2, -0.15) is 0 Å². The lowest BCUT2D eigenvalue weighted by Crippen LogP contribution is -2.07. The molecule has 2 aromatic rings. The van der Waals surface area contributed by atoms with Crippen LogP contribution in [0, 0.1) is 5.92 Å². The lowest BCUT2D eigenvalue weighted by atomic mass is 9.86. The largest absolute Gasteiger partial charge is 0.496 e. The highest BCUT2D eigenvalue weighted by Crippen LogP contribution is 2.41. The minimum atomic E-state index is 0.624. The molecule has 0 unspecified atom stereocenters. The maximum absolute atomic E-state index is 6.08. The molecule has 2 N–H and O–H groups in total. The predicted octanol–water partition coefficient (Wildman–Crippen LogP) is 5.48. The molecule has 1 aromatic heterocycles. The average Bonchev–Trinajstić information content (AvgIpc) is 3.06. The fourth-order valence-electron chi connectivity index (χ4n) is 3.98. The van der Waals surface area contributed by atoms with Gasteiger partial charge in [0.2, 0.25) is 0 Å². The maximum Gasteiger partial charge on any atom is 0.180 e. The first-order valence-electron chi connectivity index (χ1n) is 9.66. The highest BCUT2D eigenvalue weighted by molar-refractivity contribution is 7.15. The number of rotatable bonds is 7. The van der Waals surface area contributed by atoms with E-state index in [1.165, 1.54) is 43.4 Å². The van der Waals surface area contributed by atoms with Crippen molar-refractivity contribution in [3.63, 3.8) is 0 Å². The summed E-state index contributed by atoms with van der Waals surface area (Å²) in [5.41, 5.74) is 9.16. The number of nitrogens with zero attached hydrogens (tertiary/aromatic N) is 1. The van der Waals surface area contributed by atoms with E-state index in [9.17, 15) is 0 Å². The van der Waals surface area contributed by atoms with Gasteiger partial charge in [-0.15, -0.1) is 11.3 Å². The Morgan fingerprint density at radius 2 is 1.85 bits per heavy atom. The quantitative estimate of drug-likeness (QED) is 0.697. The number of anilines is 1. The van der Waals surface area contributed by atoms with Gasteiger partial charge in [0.15, 0.2) is 5.13 Å². The van der Waals surface area contributed by atoms with Gasteiger partial charge in [0.25, 0.3) is 0 Å². The van der Waals surface area contributed by atoms with E-state index >= 15 is 0 Å². The van der Waals surface area contributed by atoms with Gasteiger partial charge in [0.1, 0.15) is 11.5 Å². The van der Waals surface area contributed by atoms with Crippen molar-refractivity contribution in [2.45, 2.75) is 58.3 Å². The highest BCUT2D eigenvalue weighted by Gasteiger charge is 2.20. The first kappa shape index (κ1) is 19.0. The van der Waals surface area contributed by atoms with Crippen molar-refractivity contribution in [3.8, 4) is 22.8 Å². The van der Waals surface area contributed by atoms with Crippen LogP contribution in [0.1, 0.15) is 55.9 Å². The van der Waals surface area contributed by atoms with Crippen LogP contribution in [0.25, 0.3) is 11.3 Å². The van der Waals surface area contributed by atoms with Gasteiger partial charge in [-0.25, -0.2) is 4.98 Å². The predicted molar refractivity (Wildman–Crippen MR) is 109 cm³/mol. The lowest BCUT2D eigenvalue weighted by molar-refractivity contribution is 0.340. The number of aromatic nitrogens is 1. The number of benzene rings is 1. The van der Waals surface area contributed by atoms with Gasteiger partial charge in [-0.1, -0.05) is 39.0 Å². The Hall–Kier alpha value is -1.75. The molecule has 0 saturated heterocycles. The zero-order chi connectivity index (χ0) is 18.5. The first-order valence-corrected chi connectivity index (χ1v) is 10.5. The molecule has 1 aromatic carbocycles. The molecule has 1 saturated carbocycles. The molecule has 26 heavy (non-hydrogen) atoms. The number of thiazole rings is 1. The first-order chi connectivity index (χ1) is 12.7. The monoisotopic (exact) mass is 374 g/mol. The van der Waals surface area contributed by atoms with E-state index in [-0.39, 0.29) is 0 Å². The second-order valence-corrected chi connectivity index (χ2v) is 8.20. The summed E-state index contributed by atoms with van der Waals surface area (Å²) < 4.78 is 11.3. The molecule has 0 aliphatic heterocycles. The van der Waals surface area contributed by atoms with Crippen LogP contribution in [0.5, 0.6) is 11.5 Å².